The molecule has 1 heterocycles. The third-order valence-corrected chi connectivity index (χ3v) is 3.93. The second-order valence-electron chi connectivity index (χ2n) is 5.22. The van der Waals surface area contributed by atoms with Gasteiger partial charge in [-0.25, -0.2) is 0 Å². The first-order valence-corrected chi connectivity index (χ1v) is 6.41. The third kappa shape index (κ3) is 3.10. The Morgan fingerprint density at radius 3 is 2.82 bits per heavy atom. The van der Waals surface area contributed by atoms with E-state index in [1.165, 1.54) is 19.3 Å². The summed E-state index contributed by atoms with van der Waals surface area (Å²) in [4.78, 5) is 0. The van der Waals surface area contributed by atoms with Crippen molar-refractivity contribution < 1.29 is 4.42 Å². The summed E-state index contributed by atoms with van der Waals surface area (Å²) >= 11 is 0. The highest BCUT2D eigenvalue weighted by atomic mass is 16.3. The minimum atomic E-state index is 0.396. The Bertz CT molecular complexity index is 405. The van der Waals surface area contributed by atoms with Crippen LogP contribution in [0.4, 0.5) is 0 Å². The summed E-state index contributed by atoms with van der Waals surface area (Å²) in [5.41, 5.74) is 0. The molecule has 0 radical (unpaired) electrons. The molecule has 0 saturated heterocycles. The fourth-order valence-electron chi connectivity index (χ4n) is 2.51. The Balaban J connectivity index is 1.81. The van der Waals surface area contributed by atoms with Gasteiger partial charge in [0.1, 0.15) is 11.8 Å². The third-order valence-electron chi connectivity index (χ3n) is 3.93. The lowest BCUT2D eigenvalue weighted by Crippen LogP contribution is -2.35. The van der Waals surface area contributed by atoms with E-state index in [9.17, 15) is 0 Å². The Morgan fingerprint density at radius 2 is 2.18 bits per heavy atom. The first-order valence-electron chi connectivity index (χ1n) is 6.41. The Labute approximate surface area is 103 Å². The summed E-state index contributed by atoms with van der Waals surface area (Å²) in [6.45, 7) is 5.40. The maximum Gasteiger partial charge on any atom is 0.203 e. The van der Waals surface area contributed by atoms with Gasteiger partial charge in [0.2, 0.25) is 5.76 Å². The predicted octanol–water partition coefficient (Wildman–Crippen LogP) is 3.07. The molecule has 92 valence electrons. The number of nitrogens with zero attached hydrogens (tertiary/aromatic N) is 1. The molecule has 1 aliphatic carbocycles. The lowest BCUT2D eigenvalue weighted by atomic mass is 9.79. The number of furan rings is 1. The van der Waals surface area contributed by atoms with Crippen LogP contribution in [0.5, 0.6) is 0 Å². The lowest BCUT2D eigenvalue weighted by Gasteiger charge is -2.32. The SMILES string of the molecule is CC1CCC(NCc2ccc(C#N)o2)CC1C. The minimum absolute atomic E-state index is 0.396. The smallest absolute Gasteiger partial charge is 0.203 e. The summed E-state index contributed by atoms with van der Waals surface area (Å²) in [7, 11) is 0. The van der Waals surface area contributed by atoms with Crippen molar-refractivity contribution >= 4 is 0 Å². The van der Waals surface area contributed by atoms with Crippen molar-refractivity contribution in [1.29, 1.82) is 5.26 Å². The van der Waals surface area contributed by atoms with Crippen molar-refractivity contribution in [3.05, 3.63) is 23.7 Å². The zero-order chi connectivity index (χ0) is 12.3. The van der Waals surface area contributed by atoms with E-state index >= 15 is 0 Å². The number of rotatable bonds is 3. The summed E-state index contributed by atoms with van der Waals surface area (Å²) in [5.74, 6) is 2.90. The highest BCUT2D eigenvalue weighted by molar-refractivity contribution is 5.18. The van der Waals surface area contributed by atoms with E-state index in [1.54, 1.807) is 6.07 Å². The molecule has 1 saturated carbocycles. The Kier molecular flexibility index (Phi) is 3.86. The fraction of sp³-hybridized carbons (Fsp3) is 0.643. The van der Waals surface area contributed by atoms with Crippen LogP contribution in [-0.4, -0.2) is 6.04 Å². The summed E-state index contributed by atoms with van der Waals surface area (Å²) < 4.78 is 5.35. The second kappa shape index (κ2) is 5.37. The van der Waals surface area contributed by atoms with E-state index in [0.717, 1.165) is 24.1 Å². The fourth-order valence-corrected chi connectivity index (χ4v) is 2.51. The van der Waals surface area contributed by atoms with Crippen LogP contribution >= 0.6 is 0 Å². The van der Waals surface area contributed by atoms with Crippen LogP contribution in [0.3, 0.4) is 0 Å². The molecule has 3 heteroatoms. The van der Waals surface area contributed by atoms with E-state index in [-0.39, 0.29) is 0 Å². The van der Waals surface area contributed by atoms with Gasteiger partial charge in [-0.15, -0.1) is 0 Å². The van der Waals surface area contributed by atoms with Gasteiger partial charge in [-0.2, -0.15) is 5.26 Å². The standard InChI is InChI=1S/C14H20N2O/c1-10-3-4-12(7-11(10)2)16-9-14-6-5-13(8-15)17-14/h5-6,10-12,16H,3-4,7,9H2,1-2H3. The van der Waals surface area contributed by atoms with Gasteiger partial charge < -0.3 is 9.73 Å². The topological polar surface area (TPSA) is 49.0 Å². The molecule has 0 aliphatic heterocycles. The maximum absolute atomic E-state index is 8.67. The van der Waals surface area contributed by atoms with Gasteiger partial charge in [0.25, 0.3) is 0 Å². The van der Waals surface area contributed by atoms with Gasteiger partial charge in [-0.05, 0) is 43.2 Å². The monoisotopic (exact) mass is 232 g/mol. The molecule has 1 aromatic heterocycles. The van der Waals surface area contributed by atoms with Gasteiger partial charge in [0, 0.05) is 6.04 Å². The van der Waals surface area contributed by atoms with Crippen molar-refractivity contribution in [3.63, 3.8) is 0 Å². The largest absolute Gasteiger partial charge is 0.449 e. The van der Waals surface area contributed by atoms with E-state index in [4.69, 9.17) is 9.68 Å². The molecule has 3 nitrogen and oxygen atoms in total. The maximum atomic E-state index is 8.67. The van der Waals surface area contributed by atoms with Crippen LogP contribution < -0.4 is 5.32 Å². The van der Waals surface area contributed by atoms with Crippen LogP contribution in [-0.2, 0) is 6.54 Å². The summed E-state index contributed by atoms with van der Waals surface area (Å²) in [6.07, 6.45) is 3.80. The molecule has 0 bridgehead atoms. The number of nitrogens with one attached hydrogen (secondary N) is 1. The van der Waals surface area contributed by atoms with Crippen LogP contribution in [0.2, 0.25) is 0 Å². The van der Waals surface area contributed by atoms with E-state index in [0.29, 0.717) is 11.8 Å². The molecule has 1 aliphatic rings. The first kappa shape index (κ1) is 12.2. The van der Waals surface area contributed by atoms with Gasteiger partial charge in [-0.3, -0.25) is 0 Å². The molecule has 0 spiro atoms. The zero-order valence-corrected chi connectivity index (χ0v) is 10.6. The Hall–Kier alpha value is -1.27. The molecule has 1 aromatic rings. The molecule has 1 N–H and O–H groups in total. The molecule has 2 rings (SSSR count). The molecule has 1 fully saturated rings. The minimum Gasteiger partial charge on any atom is -0.449 e. The van der Waals surface area contributed by atoms with E-state index in [1.807, 2.05) is 12.1 Å². The second-order valence-corrected chi connectivity index (χ2v) is 5.22. The molecule has 0 aromatic carbocycles. The van der Waals surface area contributed by atoms with Gasteiger partial charge >= 0.3 is 0 Å². The molecule has 3 unspecified atom stereocenters. The van der Waals surface area contributed by atoms with Gasteiger partial charge in [0.15, 0.2) is 0 Å². The predicted molar refractivity (Wildman–Crippen MR) is 66.2 cm³/mol. The highest BCUT2D eigenvalue weighted by Crippen LogP contribution is 2.29. The number of hydrogen-bond acceptors (Lipinski definition) is 3. The number of nitriles is 1. The number of hydrogen-bond donors (Lipinski definition) is 1. The lowest BCUT2D eigenvalue weighted by molar-refractivity contribution is 0.223. The molecule has 3 atom stereocenters. The average Bonchev–Trinajstić information content (AvgIpc) is 2.79. The van der Waals surface area contributed by atoms with E-state index in [2.05, 4.69) is 19.2 Å². The average molecular weight is 232 g/mol. The molecular weight excluding hydrogens is 212 g/mol. The van der Waals surface area contributed by atoms with E-state index < -0.39 is 0 Å². The quantitative estimate of drug-likeness (QED) is 0.871. The van der Waals surface area contributed by atoms with Crippen molar-refractivity contribution in [2.45, 2.75) is 45.7 Å². The van der Waals surface area contributed by atoms with Crippen molar-refractivity contribution in [3.8, 4) is 6.07 Å². The van der Waals surface area contributed by atoms with Crippen molar-refractivity contribution in [2.24, 2.45) is 11.8 Å². The Morgan fingerprint density at radius 1 is 1.35 bits per heavy atom. The zero-order valence-electron chi connectivity index (χ0n) is 10.6. The summed E-state index contributed by atoms with van der Waals surface area (Å²) in [5, 5.41) is 12.2. The highest BCUT2D eigenvalue weighted by Gasteiger charge is 2.24. The summed E-state index contributed by atoms with van der Waals surface area (Å²) in [6, 6.07) is 6.20. The molecular formula is C14H20N2O. The van der Waals surface area contributed by atoms with Crippen LogP contribution in [0.25, 0.3) is 0 Å². The van der Waals surface area contributed by atoms with Crippen LogP contribution in [0.15, 0.2) is 16.5 Å². The van der Waals surface area contributed by atoms with Gasteiger partial charge in [0.05, 0.1) is 6.54 Å². The van der Waals surface area contributed by atoms with Crippen molar-refractivity contribution in [2.75, 3.05) is 0 Å². The molecule has 17 heavy (non-hydrogen) atoms. The first-order chi connectivity index (χ1) is 8.19. The van der Waals surface area contributed by atoms with Gasteiger partial charge in [-0.1, -0.05) is 13.8 Å². The molecule has 0 amide bonds. The van der Waals surface area contributed by atoms with Crippen molar-refractivity contribution in [1.82, 2.24) is 5.32 Å². The van der Waals surface area contributed by atoms with Crippen LogP contribution in [0.1, 0.15) is 44.6 Å². The van der Waals surface area contributed by atoms with Crippen LogP contribution in [0, 0.1) is 23.2 Å². The normalized spacial score (nSPS) is 28.9.